The van der Waals surface area contributed by atoms with Crippen molar-refractivity contribution < 1.29 is 28.2 Å². The molecular weight excluding hydrogens is 336 g/mol. The Morgan fingerprint density at radius 2 is 2.17 bits per heavy atom. The van der Waals surface area contributed by atoms with Gasteiger partial charge in [0, 0.05) is 26.3 Å². The number of rotatable bonds is 9. The molecule has 1 aliphatic rings. The van der Waals surface area contributed by atoms with Gasteiger partial charge in [0.05, 0.1) is 17.4 Å². The first-order valence-corrected chi connectivity index (χ1v) is 9.25. The molecule has 8 nitrogen and oxygen atoms in total. The maximum atomic E-state index is 12.6. The van der Waals surface area contributed by atoms with Crippen LogP contribution in [0, 0.1) is 0 Å². The lowest BCUT2D eigenvalue weighted by Gasteiger charge is -2.15. The van der Waals surface area contributed by atoms with Crippen molar-refractivity contribution >= 4 is 21.7 Å². The summed E-state index contributed by atoms with van der Waals surface area (Å²) in [6.45, 7) is 1.11. The number of aromatic carboxylic acids is 1. The fraction of sp³-hybridized carbons (Fsp3) is 0.533. The van der Waals surface area contributed by atoms with E-state index < -0.39 is 16.0 Å². The van der Waals surface area contributed by atoms with Crippen LogP contribution in [0.4, 0.5) is 5.69 Å². The van der Waals surface area contributed by atoms with E-state index in [9.17, 15) is 13.2 Å². The Morgan fingerprint density at radius 1 is 1.38 bits per heavy atom. The number of nitrogens with one attached hydrogen (secondary N) is 2. The van der Waals surface area contributed by atoms with Crippen molar-refractivity contribution in [2.24, 2.45) is 0 Å². The van der Waals surface area contributed by atoms with Gasteiger partial charge < -0.3 is 20.3 Å². The van der Waals surface area contributed by atoms with Crippen LogP contribution >= 0.6 is 0 Å². The van der Waals surface area contributed by atoms with E-state index in [4.69, 9.17) is 14.9 Å². The van der Waals surface area contributed by atoms with Crippen LogP contribution in [0.3, 0.4) is 0 Å². The summed E-state index contributed by atoms with van der Waals surface area (Å²) in [7, 11) is -3.89. The number of sulfonamides is 1. The molecular formula is C15H22N2O6S. The molecule has 4 N–H and O–H groups in total. The van der Waals surface area contributed by atoms with Crippen LogP contribution in [-0.2, 0) is 14.8 Å². The molecule has 0 aliphatic carbocycles. The van der Waals surface area contributed by atoms with Crippen molar-refractivity contribution in [3.63, 3.8) is 0 Å². The van der Waals surface area contributed by atoms with Gasteiger partial charge in [-0.15, -0.1) is 0 Å². The minimum absolute atomic E-state index is 0.0282. The second-order valence-corrected chi connectivity index (χ2v) is 7.24. The van der Waals surface area contributed by atoms with Gasteiger partial charge in [-0.1, -0.05) is 0 Å². The van der Waals surface area contributed by atoms with Gasteiger partial charge in [0.1, 0.15) is 4.90 Å². The predicted molar refractivity (Wildman–Crippen MR) is 87.8 cm³/mol. The van der Waals surface area contributed by atoms with Gasteiger partial charge in [0.2, 0.25) is 10.0 Å². The van der Waals surface area contributed by atoms with E-state index in [-0.39, 0.29) is 29.7 Å². The number of hydrogen-bond donors (Lipinski definition) is 4. The monoisotopic (exact) mass is 358 g/mol. The number of carboxylic acid groups (broad SMARTS) is 1. The normalized spacial score (nSPS) is 17.8. The van der Waals surface area contributed by atoms with Gasteiger partial charge in [-0.3, -0.25) is 0 Å². The molecule has 134 valence electrons. The lowest BCUT2D eigenvalue weighted by Crippen LogP contribution is -2.32. The van der Waals surface area contributed by atoms with E-state index >= 15 is 0 Å². The highest BCUT2D eigenvalue weighted by Gasteiger charge is 2.23. The smallest absolute Gasteiger partial charge is 0.335 e. The topological polar surface area (TPSA) is 125 Å². The molecule has 1 aromatic rings. The molecule has 1 heterocycles. The number of hydrogen-bond acceptors (Lipinski definition) is 6. The molecule has 0 amide bonds. The fourth-order valence-corrected chi connectivity index (χ4v) is 3.68. The summed E-state index contributed by atoms with van der Waals surface area (Å²) < 4.78 is 33.0. The number of anilines is 1. The van der Waals surface area contributed by atoms with E-state index in [2.05, 4.69) is 10.0 Å². The highest BCUT2D eigenvalue weighted by Crippen LogP contribution is 2.23. The number of carbonyl (C=O) groups is 1. The molecule has 1 saturated heterocycles. The van der Waals surface area contributed by atoms with E-state index in [0.29, 0.717) is 25.3 Å². The molecule has 0 saturated carbocycles. The maximum Gasteiger partial charge on any atom is 0.335 e. The zero-order valence-corrected chi connectivity index (χ0v) is 14.0. The van der Waals surface area contributed by atoms with Gasteiger partial charge in [0.25, 0.3) is 0 Å². The molecule has 24 heavy (non-hydrogen) atoms. The number of ether oxygens (including phenoxy) is 1. The number of aliphatic hydroxyl groups is 1. The standard InChI is InChI=1S/C15H22N2O6S/c18-7-2-6-16-13-5-4-11(15(19)20)9-14(13)24(21,22)17-10-12-3-1-8-23-12/h4-5,9,12,16-18H,1-3,6-8,10H2,(H,19,20). The van der Waals surface area contributed by atoms with Crippen LogP contribution < -0.4 is 10.0 Å². The van der Waals surface area contributed by atoms with Gasteiger partial charge in [0.15, 0.2) is 0 Å². The first kappa shape index (κ1) is 18.7. The molecule has 9 heteroatoms. The summed E-state index contributed by atoms with van der Waals surface area (Å²) >= 11 is 0. The average Bonchev–Trinajstić information content (AvgIpc) is 3.07. The zero-order valence-electron chi connectivity index (χ0n) is 13.2. The molecule has 0 bridgehead atoms. The van der Waals surface area contributed by atoms with Crippen LogP contribution in [-0.4, -0.2) is 57.0 Å². The van der Waals surface area contributed by atoms with Crippen molar-refractivity contribution in [3.8, 4) is 0 Å². The van der Waals surface area contributed by atoms with Crippen LogP contribution in [0.25, 0.3) is 0 Å². The van der Waals surface area contributed by atoms with E-state index in [1.165, 1.54) is 12.1 Å². The minimum atomic E-state index is -3.89. The van der Waals surface area contributed by atoms with Crippen molar-refractivity contribution in [2.75, 3.05) is 31.6 Å². The molecule has 0 spiro atoms. The van der Waals surface area contributed by atoms with Gasteiger partial charge >= 0.3 is 5.97 Å². The Hall–Kier alpha value is -1.68. The van der Waals surface area contributed by atoms with Crippen LogP contribution in [0.15, 0.2) is 23.1 Å². The SMILES string of the molecule is O=C(O)c1ccc(NCCCO)c(S(=O)(=O)NCC2CCCO2)c1. The lowest BCUT2D eigenvalue weighted by molar-refractivity contribution is 0.0696. The number of carboxylic acids is 1. The van der Waals surface area contributed by atoms with Gasteiger partial charge in [-0.05, 0) is 37.5 Å². The Labute approximate surface area is 140 Å². The first-order valence-electron chi connectivity index (χ1n) is 7.77. The van der Waals surface area contributed by atoms with Gasteiger partial charge in [-0.25, -0.2) is 17.9 Å². The Morgan fingerprint density at radius 3 is 2.79 bits per heavy atom. The van der Waals surface area contributed by atoms with E-state index in [0.717, 1.165) is 18.9 Å². The summed E-state index contributed by atoms with van der Waals surface area (Å²) in [5.74, 6) is -1.20. The third kappa shape index (κ3) is 4.91. The Kier molecular flexibility index (Phi) is 6.55. The first-order chi connectivity index (χ1) is 11.4. The summed E-state index contributed by atoms with van der Waals surface area (Å²) in [6, 6.07) is 3.88. The summed E-state index contributed by atoms with van der Waals surface area (Å²) in [5, 5.41) is 20.8. The summed E-state index contributed by atoms with van der Waals surface area (Å²) in [4.78, 5) is 11.0. The maximum absolute atomic E-state index is 12.6. The molecule has 1 atom stereocenters. The highest BCUT2D eigenvalue weighted by atomic mass is 32.2. The fourth-order valence-electron chi connectivity index (χ4n) is 2.41. The minimum Gasteiger partial charge on any atom is -0.478 e. The lowest BCUT2D eigenvalue weighted by atomic mass is 10.2. The van der Waals surface area contributed by atoms with Crippen molar-refractivity contribution in [1.29, 1.82) is 0 Å². The summed E-state index contributed by atoms with van der Waals surface area (Å²) in [5.41, 5.74) is 0.188. The van der Waals surface area contributed by atoms with E-state index in [1.54, 1.807) is 0 Å². The quantitative estimate of drug-likeness (QED) is 0.477. The summed E-state index contributed by atoms with van der Waals surface area (Å²) in [6.07, 6.45) is 1.98. The van der Waals surface area contributed by atoms with Crippen LogP contribution in [0.5, 0.6) is 0 Å². The van der Waals surface area contributed by atoms with Crippen molar-refractivity contribution in [3.05, 3.63) is 23.8 Å². The van der Waals surface area contributed by atoms with Gasteiger partial charge in [-0.2, -0.15) is 0 Å². The van der Waals surface area contributed by atoms with E-state index in [1.807, 2.05) is 0 Å². The second kappa shape index (κ2) is 8.43. The molecule has 1 unspecified atom stereocenters. The third-order valence-corrected chi connectivity index (χ3v) is 5.16. The highest BCUT2D eigenvalue weighted by molar-refractivity contribution is 7.89. The number of benzene rings is 1. The van der Waals surface area contributed by atoms with Crippen LogP contribution in [0.1, 0.15) is 29.6 Å². The largest absolute Gasteiger partial charge is 0.478 e. The molecule has 0 aromatic heterocycles. The third-order valence-electron chi connectivity index (χ3n) is 3.69. The molecule has 1 fully saturated rings. The average molecular weight is 358 g/mol. The predicted octanol–water partition coefficient (Wildman–Crippen LogP) is 0.636. The Bertz CT molecular complexity index is 671. The van der Waals surface area contributed by atoms with Crippen molar-refractivity contribution in [2.45, 2.75) is 30.3 Å². The zero-order chi connectivity index (χ0) is 17.6. The Balaban J connectivity index is 2.21. The molecule has 0 radical (unpaired) electrons. The molecule has 1 aromatic carbocycles. The van der Waals surface area contributed by atoms with Crippen LogP contribution in [0.2, 0.25) is 0 Å². The number of aliphatic hydroxyl groups excluding tert-OH is 1. The molecule has 1 aliphatic heterocycles. The second-order valence-electron chi connectivity index (χ2n) is 5.51. The van der Waals surface area contributed by atoms with Crippen molar-refractivity contribution in [1.82, 2.24) is 4.72 Å². The molecule has 2 rings (SSSR count).